The number of ketones is 1. The highest BCUT2D eigenvalue weighted by molar-refractivity contribution is 7.89. The van der Waals surface area contributed by atoms with Gasteiger partial charge in [-0.05, 0) is 69.4 Å². The molecule has 1 heterocycles. The molecule has 2 atom stereocenters. The molecule has 1 N–H and O–H groups in total. The van der Waals surface area contributed by atoms with Crippen molar-refractivity contribution in [2.24, 2.45) is 16.3 Å². The Morgan fingerprint density at radius 1 is 1.12 bits per heavy atom. The molecule has 1 aliphatic heterocycles. The zero-order valence-corrected chi connectivity index (χ0v) is 23.8. The maximum absolute atomic E-state index is 14.2. The molecule has 4 fully saturated rings. The van der Waals surface area contributed by atoms with Crippen LogP contribution in [0.3, 0.4) is 0 Å². The molecule has 1 unspecified atom stereocenters. The summed E-state index contributed by atoms with van der Waals surface area (Å²) in [7, 11) is -3.92. The van der Waals surface area contributed by atoms with Crippen LogP contribution in [0.1, 0.15) is 57.9 Å². The Labute approximate surface area is 237 Å². The Morgan fingerprint density at radius 3 is 2.38 bits per heavy atom. The number of halogens is 4. The van der Waals surface area contributed by atoms with Gasteiger partial charge in [0.25, 0.3) is 5.92 Å². The number of hydrogen-bond acceptors (Lipinski definition) is 5. The third-order valence-corrected chi connectivity index (χ3v) is 11.3. The van der Waals surface area contributed by atoms with Gasteiger partial charge in [-0.2, -0.15) is 4.31 Å². The van der Waals surface area contributed by atoms with E-state index in [0.29, 0.717) is 30.7 Å². The lowest BCUT2D eigenvalue weighted by molar-refractivity contribution is -0.151. The number of rotatable bonds is 10. The lowest BCUT2D eigenvalue weighted by atomic mass is 9.38. The van der Waals surface area contributed by atoms with Gasteiger partial charge in [-0.15, -0.1) is 0 Å². The van der Waals surface area contributed by atoms with Crippen molar-refractivity contribution >= 4 is 33.2 Å². The molecule has 0 spiro atoms. The number of carbonyl (C=O) groups excluding carboxylic acids is 1. The van der Waals surface area contributed by atoms with Gasteiger partial charge in [0.1, 0.15) is 17.7 Å². The quantitative estimate of drug-likeness (QED) is 0.381. The summed E-state index contributed by atoms with van der Waals surface area (Å²) >= 11 is 5.85. The summed E-state index contributed by atoms with van der Waals surface area (Å²) in [6.07, 6.45) is 1.61. The lowest BCUT2D eigenvalue weighted by Crippen LogP contribution is -2.78. The maximum atomic E-state index is 14.2. The van der Waals surface area contributed by atoms with Crippen molar-refractivity contribution in [3.8, 4) is 0 Å². The first kappa shape index (κ1) is 27.7. The summed E-state index contributed by atoms with van der Waals surface area (Å²) in [6.45, 7) is 3.74. The Kier molecular flexibility index (Phi) is 6.26. The van der Waals surface area contributed by atoms with E-state index in [0.717, 1.165) is 0 Å². The topological polar surface area (TPSA) is 78.8 Å². The van der Waals surface area contributed by atoms with Crippen LogP contribution >= 0.6 is 11.6 Å². The van der Waals surface area contributed by atoms with Gasteiger partial charge in [-0.1, -0.05) is 35.9 Å². The van der Waals surface area contributed by atoms with Crippen LogP contribution in [-0.4, -0.2) is 47.4 Å². The molecule has 7 rings (SSSR count). The molecule has 0 saturated heterocycles. The number of carbonyl (C=O) groups is 1. The van der Waals surface area contributed by atoms with Crippen LogP contribution in [0, 0.1) is 17.2 Å². The van der Waals surface area contributed by atoms with Gasteiger partial charge in [0, 0.05) is 36.3 Å². The van der Waals surface area contributed by atoms with Crippen molar-refractivity contribution < 1.29 is 26.4 Å². The highest BCUT2D eigenvalue weighted by Crippen LogP contribution is 2.71. The second-order valence-electron chi connectivity index (χ2n) is 12.5. The third kappa shape index (κ3) is 4.47. The van der Waals surface area contributed by atoms with E-state index in [4.69, 9.17) is 16.6 Å². The number of amidine groups is 1. The second kappa shape index (κ2) is 9.03. The molecule has 5 aliphatic rings. The smallest absolute Gasteiger partial charge is 0.251 e. The fourth-order valence-corrected chi connectivity index (χ4v) is 8.65. The number of nitrogens with one attached hydrogen (secondary N) is 1. The molecular formula is C29H31ClF3N3O3S. The first-order chi connectivity index (χ1) is 18.7. The Bertz CT molecular complexity index is 1490. The SMILES string of the molecule is CC1(C)NC(C23CC(N(Cc4ccc(Cl)c(F)c4)S(=O)(=O)c4ccccc4)(C2)C3)=N[C@H]1C(=O)CCC1CC1(F)F. The highest BCUT2D eigenvalue weighted by Gasteiger charge is 2.75. The largest absolute Gasteiger partial charge is 0.366 e. The van der Waals surface area contributed by atoms with E-state index in [-0.39, 0.29) is 46.9 Å². The van der Waals surface area contributed by atoms with E-state index in [1.807, 2.05) is 13.8 Å². The van der Waals surface area contributed by atoms with Gasteiger partial charge in [-0.25, -0.2) is 21.6 Å². The van der Waals surface area contributed by atoms with Crippen molar-refractivity contribution in [2.75, 3.05) is 0 Å². The molecular weight excluding hydrogens is 563 g/mol. The van der Waals surface area contributed by atoms with Crippen molar-refractivity contribution in [2.45, 2.75) is 86.9 Å². The fourth-order valence-electron chi connectivity index (χ4n) is 6.76. The van der Waals surface area contributed by atoms with E-state index >= 15 is 0 Å². The molecule has 214 valence electrons. The summed E-state index contributed by atoms with van der Waals surface area (Å²) in [4.78, 5) is 17.9. The summed E-state index contributed by atoms with van der Waals surface area (Å²) in [5.74, 6) is -3.46. The van der Waals surface area contributed by atoms with Gasteiger partial charge in [-0.3, -0.25) is 9.79 Å². The Morgan fingerprint density at radius 2 is 1.77 bits per heavy atom. The molecule has 0 aromatic heterocycles. The zero-order valence-electron chi connectivity index (χ0n) is 22.3. The van der Waals surface area contributed by atoms with Crippen molar-refractivity contribution in [1.29, 1.82) is 0 Å². The minimum atomic E-state index is -3.92. The summed E-state index contributed by atoms with van der Waals surface area (Å²) < 4.78 is 70.0. The molecule has 4 saturated carbocycles. The molecule has 6 nitrogen and oxygen atoms in total. The summed E-state index contributed by atoms with van der Waals surface area (Å²) in [5, 5.41) is 3.37. The normalized spacial score (nSPS) is 31.1. The number of nitrogens with zero attached hydrogens (tertiary/aromatic N) is 2. The standard InChI is InChI=1S/C29H31ClF3N3O3S/c1-26(2)24(23(37)11-9-19-13-29(19,32)33)34-25(35-26)27-15-28(16-27,17-27)36(14-18-8-10-21(30)22(31)12-18)40(38,39)20-6-4-3-5-7-20/h3-8,10,12,19,24H,9,11,13-17H2,1-2H3,(H,34,35)/t19?,24-,27?,28?/m0/s1. The average Bonchev–Trinajstić information content (AvgIpc) is 3.33. The van der Waals surface area contributed by atoms with E-state index < -0.39 is 44.8 Å². The number of alkyl halides is 2. The second-order valence-corrected chi connectivity index (χ2v) is 14.8. The van der Waals surface area contributed by atoms with Crippen LogP contribution in [0.5, 0.6) is 0 Å². The van der Waals surface area contributed by atoms with Crippen LogP contribution in [0.15, 0.2) is 58.4 Å². The third-order valence-electron chi connectivity index (χ3n) is 9.06. The lowest BCUT2D eigenvalue weighted by Gasteiger charge is -2.73. The van der Waals surface area contributed by atoms with Crippen molar-refractivity contribution in [1.82, 2.24) is 9.62 Å². The molecule has 40 heavy (non-hydrogen) atoms. The van der Waals surface area contributed by atoms with Crippen LogP contribution in [-0.2, 0) is 21.4 Å². The van der Waals surface area contributed by atoms with Gasteiger partial charge in [0.05, 0.1) is 15.5 Å². The predicted octanol–water partition coefficient (Wildman–Crippen LogP) is 5.75. The van der Waals surface area contributed by atoms with E-state index in [2.05, 4.69) is 5.32 Å². The van der Waals surface area contributed by atoms with Gasteiger partial charge in [0.2, 0.25) is 10.0 Å². The van der Waals surface area contributed by atoms with Crippen LogP contribution < -0.4 is 5.32 Å². The number of aliphatic imine (C=N–C) groups is 1. The molecule has 4 aliphatic carbocycles. The number of Topliss-reactive ketones (excluding diaryl/α,β-unsaturated/α-hetero) is 1. The van der Waals surface area contributed by atoms with Gasteiger partial charge >= 0.3 is 0 Å². The van der Waals surface area contributed by atoms with E-state index in [1.54, 1.807) is 36.4 Å². The summed E-state index contributed by atoms with van der Waals surface area (Å²) in [5.41, 5.74) is -1.23. The van der Waals surface area contributed by atoms with Crippen molar-refractivity contribution in [3.05, 3.63) is 64.9 Å². The van der Waals surface area contributed by atoms with Gasteiger partial charge in [0.15, 0.2) is 5.78 Å². The highest BCUT2D eigenvalue weighted by atomic mass is 35.5. The van der Waals surface area contributed by atoms with Crippen LogP contribution in [0.2, 0.25) is 5.02 Å². The predicted molar refractivity (Wildman–Crippen MR) is 145 cm³/mol. The number of sulfonamides is 1. The molecule has 0 amide bonds. The molecule has 0 radical (unpaired) electrons. The number of hydrogen-bond donors (Lipinski definition) is 1. The summed E-state index contributed by atoms with van der Waals surface area (Å²) in [6, 6.07) is 11.8. The van der Waals surface area contributed by atoms with Crippen molar-refractivity contribution in [3.63, 3.8) is 0 Å². The minimum absolute atomic E-state index is 0.0142. The van der Waals surface area contributed by atoms with Crippen LogP contribution in [0.25, 0.3) is 0 Å². The fraction of sp³-hybridized carbons (Fsp3) is 0.517. The number of benzene rings is 2. The average molecular weight is 594 g/mol. The minimum Gasteiger partial charge on any atom is -0.366 e. The zero-order chi connectivity index (χ0) is 28.7. The van der Waals surface area contributed by atoms with Crippen LogP contribution in [0.4, 0.5) is 13.2 Å². The molecule has 2 bridgehead atoms. The monoisotopic (exact) mass is 593 g/mol. The Balaban J connectivity index is 1.22. The van der Waals surface area contributed by atoms with Gasteiger partial charge < -0.3 is 5.32 Å². The van der Waals surface area contributed by atoms with E-state index in [1.165, 1.54) is 16.4 Å². The first-order valence-corrected chi connectivity index (χ1v) is 15.3. The molecule has 11 heteroatoms. The molecule has 2 aromatic carbocycles. The Hall–Kier alpha value is -2.43. The molecule has 2 aromatic rings. The first-order valence-electron chi connectivity index (χ1n) is 13.5. The maximum Gasteiger partial charge on any atom is 0.251 e. The van der Waals surface area contributed by atoms with E-state index in [9.17, 15) is 26.4 Å².